The molecule has 1 aliphatic heterocycles. The normalized spacial score (nSPS) is 15.1. The number of benzene rings is 2. The number of rotatable bonds is 7. The van der Waals surface area contributed by atoms with Crippen molar-refractivity contribution in [2.24, 2.45) is 5.92 Å². The first-order valence-corrected chi connectivity index (χ1v) is 14.6. The number of carbonyl (C=O) groups excluding carboxylic acids is 1. The van der Waals surface area contributed by atoms with Crippen LogP contribution in [0.3, 0.4) is 0 Å². The number of sulfonamides is 1. The molecule has 1 saturated heterocycles. The van der Waals surface area contributed by atoms with Gasteiger partial charge in [0.15, 0.2) is 5.13 Å². The first kappa shape index (κ1) is 26.3. The van der Waals surface area contributed by atoms with Gasteiger partial charge in [-0.3, -0.25) is 14.7 Å². The van der Waals surface area contributed by atoms with E-state index in [4.69, 9.17) is 4.98 Å². The molecule has 1 amide bonds. The third-order valence-corrected chi connectivity index (χ3v) is 9.66. The quantitative estimate of drug-likeness (QED) is 0.314. The third-order valence-electron chi connectivity index (χ3n) is 6.71. The van der Waals surface area contributed by atoms with E-state index in [1.54, 1.807) is 17.2 Å². The largest absolute Gasteiger partial charge is 0.282 e. The molecule has 7 nitrogen and oxygen atoms in total. The molecule has 0 saturated carbocycles. The van der Waals surface area contributed by atoms with Gasteiger partial charge in [0.2, 0.25) is 15.9 Å². The zero-order valence-corrected chi connectivity index (χ0v) is 22.3. The summed E-state index contributed by atoms with van der Waals surface area (Å²) in [6, 6.07) is 13.9. The highest BCUT2D eigenvalue weighted by atomic mass is 32.2. The first-order chi connectivity index (χ1) is 18.3. The standard InChI is InChI=1S/C27H26F2N4O3S2/c1-2-18-6-9-23-24(15-18)37-27(31-23)33(17-21-5-3-4-12-30-21)26(34)19-10-13-32(14-11-19)38(35,36)25-16-20(28)7-8-22(25)29/h3-9,12,15-16,19H,2,10-11,13-14,17H2,1H3. The molecule has 1 aliphatic rings. The number of piperidine rings is 1. The van der Waals surface area contributed by atoms with Crippen LogP contribution >= 0.6 is 11.3 Å². The number of hydrogen-bond acceptors (Lipinski definition) is 6. The SMILES string of the molecule is CCc1ccc2nc(N(Cc3ccccn3)C(=O)C3CCN(S(=O)(=O)c4cc(F)ccc4F)CC3)sc2c1. The lowest BCUT2D eigenvalue weighted by Crippen LogP contribution is -2.44. The number of fused-ring (bicyclic) bond motifs is 1. The van der Waals surface area contributed by atoms with E-state index in [-0.39, 0.29) is 38.4 Å². The van der Waals surface area contributed by atoms with Gasteiger partial charge in [0.05, 0.1) is 22.5 Å². The van der Waals surface area contributed by atoms with Crippen LogP contribution in [-0.2, 0) is 27.8 Å². The monoisotopic (exact) mass is 556 g/mol. The van der Waals surface area contributed by atoms with E-state index in [2.05, 4.69) is 18.0 Å². The Balaban J connectivity index is 1.38. The maximum atomic E-state index is 14.2. The van der Waals surface area contributed by atoms with Crippen LogP contribution in [0.25, 0.3) is 10.2 Å². The zero-order chi connectivity index (χ0) is 26.9. The summed E-state index contributed by atoms with van der Waals surface area (Å²) in [5, 5.41) is 0.556. The van der Waals surface area contributed by atoms with Crippen LogP contribution in [0.1, 0.15) is 31.0 Å². The second-order valence-electron chi connectivity index (χ2n) is 9.15. The number of pyridine rings is 1. The molecule has 3 heterocycles. The second kappa shape index (κ2) is 10.8. The molecular weight excluding hydrogens is 530 g/mol. The summed E-state index contributed by atoms with van der Waals surface area (Å²) in [5.74, 6) is -2.46. The molecule has 4 aromatic rings. The Morgan fingerprint density at radius 2 is 1.89 bits per heavy atom. The van der Waals surface area contributed by atoms with Gasteiger partial charge in [-0.2, -0.15) is 4.31 Å². The Hall–Kier alpha value is -3.28. The van der Waals surface area contributed by atoms with Gasteiger partial charge in [-0.25, -0.2) is 22.2 Å². The van der Waals surface area contributed by atoms with E-state index in [1.165, 1.54) is 16.9 Å². The van der Waals surface area contributed by atoms with Crippen molar-refractivity contribution >= 4 is 42.6 Å². The molecule has 0 N–H and O–H groups in total. The van der Waals surface area contributed by atoms with Crippen molar-refractivity contribution in [1.29, 1.82) is 0 Å². The minimum absolute atomic E-state index is 0.0197. The van der Waals surface area contributed by atoms with Gasteiger partial charge in [0.25, 0.3) is 0 Å². The van der Waals surface area contributed by atoms with E-state index in [1.807, 2.05) is 24.3 Å². The van der Waals surface area contributed by atoms with Gasteiger partial charge in [-0.1, -0.05) is 30.4 Å². The second-order valence-corrected chi connectivity index (χ2v) is 12.1. The number of amides is 1. The Morgan fingerprint density at radius 1 is 1.11 bits per heavy atom. The van der Waals surface area contributed by atoms with E-state index in [0.29, 0.717) is 16.9 Å². The van der Waals surface area contributed by atoms with Gasteiger partial charge >= 0.3 is 0 Å². The lowest BCUT2D eigenvalue weighted by Gasteiger charge is -2.33. The van der Waals surface area contributed by atoms with E-state index in [0.717, 1.165) is 33.1 Å². The first-order valence-electron chi connectivity index (χ1n) is 12.3. The molecular formula is C27H26F2N4O3S2. The Bertz CT molecular complexity index is 1570. The zero-order valence-electron chi connectivity index (χ0n) is 20.7. The molecule has 0 radical (unpaired) electrons. The fourth-order valence-corrected chi connectivity index (χ4v) is 7.14. The average Bonchev–Trinajstić information content (AvgIpc) is 3.36. The van der Waals surface area contributed by atoms with Crippen LogP contribution < -0.4 is 4.90 Å². The Labute approximate surface area is 223 Å². The molecule has 11 heteroatoms. The van der Waals surface area contributed by atoms with Crippen molar-refractivity contribution in [3.05, 3.63) is 83.7 Å². The van der Waals surface area contributed by atoms with E-state index in [9.17, 15) is 22.0 Å². The van der Waals surface area contributed by atoms with Gasteiger partial charge < -0.3 is 0 Å². The number of thiazole rings is 1. The topological polar surface area (TPSA) is 83.5 Å². The van der Waals surface area contributed by atoms with Crippen LogP contribution in [0.4, 0.5) is 13.9 Å². The molecule has 0 aliphatic carbocycles. The third kappa shape index (κ3) is 5.31. The maximum Gasteiger partial charge on any atom is 0.246 e. The van der Waals surface area contributed by atoms with E-state index < -0.39 is 32.5 Å². The summed E-state index contributed by atoms with van der Waals surface area (Å²) in [4.78, 5) is 23.8. The highest BCUT2D eigenvalue weighted by Crippen LogP contribution is 2.33. The smallest absolute Gasteiger partial charge is 0.246 e. The van der Waals surface area contributed by atoms with Gasteiger partial charge in [0, 0.05) is 25.2 Å². The van der Waals surface area contributed by atoms with Gasteiger partial charge in [-0.05, 0) is 67.3 Å². The van der Waals surface area contributed by atoms with Gasteiger partial charge in [0.1, 0.15) is 16.5 Å². The molecule has 0 unspecified atom stereocenters. The summed E-state index contributed by atoms with van der Waals surface area (Å²) < 4.78 is 55.9. The van der Waals surface area contributed by atoms with Crippen molar-refractivity contribution in [3.63, 3.8) is 0 Å². The highest BCUT2D eigenvalue weighted by molar-refractivity contribution is 7.89. The molecule has 0 spiro atoms. The summed E-state index contributed by atoms with van der Waals surface area (Å²) in [7, 11) is -4.24. The number of aromatic nitrogens is 2. The molecule has 0 atom stereocenters. The number of halogens is 2. The van der Waals surface area contributed by atoms with Crippen molar-refractivity contribution in [1.82, 2.24) is 14.3 Å². The van der Waals surface area contributed by atoms with Crippen LogP contribution in [0.15, 0.2) is 65.7 Å². The summed E-state index contributed by atoms with van der Waals surface area (Å²) >= 11 is 1.43. The molecule has 0 bridgehead atoms. The van der Waals surface area contributed by atoms with Crippen LogP contribution in [-0.4, -0.2) is 41.7 Å². The maximum absolute atomic E-state index is 14.2. The highest BCUT2D eigenvalue weighted by Gasteiger charge is 2.36. The minimum Gasteiger partial charge on any atom is -0.282 e. The van der Waals surface area contributed by atoms with Gasteiger partial charge in [-0.15, -0.1) is 0 Å². The predicted octanol–water partition coefficient (Wildman–Crippen LogP) is 5.17. The Morgan fingerprint density at radius 3 is 2.61 bits per heavy atom. The number of nitrogens with zero attached hydrogens (tertiary/aromatic N) is 4. The van der Waals surface area contributed by atoms with Crippen molar-refractivity contribution < 1.29 is 22.0 Å². The van der Waals surface area contributed by atoms with Crippen molar-refractivity contribution in [3.8, 4) is 0 Å². The average molecular weight is 557 g/mol. The van der Waals surface area contributed by atoms with Crippen molar-refractivity contribution in [2.75, 3.05) is 18.0 Å². The summed E-state index contributed by atoms with van der Waals surface area (Å²) in [6.07, 6.45) is 3.05. The predicted molar refractivity (Wildman–Crippen MR) is 142 cm³/mol. The fourth-order valence-electron chi connectivity index (χ4n) is 4.56. The van der Waals surface area contributed by atoms with E-state index >= 15 is 0 Å². The fraction of sp³-hybridized carbons (Fsp3) is 0.296. The number of carbonyl (C=O) groups is 1. The van der Waals surface area contributed by atoms with Crippen molar-refractivity contribution in [2.45, 2.75) is 37.6 Å². The Kier molecular flexibility index (Phi) is 7.51. The number of hydrogen-bond donors (Lipinski definition) is 0. The molecule has 2 aromatic heterocycles. The summed E-state index contributed by atoms with van der Waals surface area (Å²) in [6.45, 7) is 2.35. The molecule has 2 aromatic carbocycles. The lowest BCUT2D eigenvalue weighted by molar-refractivity contribution is -0.123. The number of aryl methyl sites for hydroxylation is 1. The van der Waals surface area contributed by atoms with Crippen LogP contribution in [0.2, 0.25) is 0 Å². The van der Waals surface area contributed by atoms with Crippen LogP contribution in [0.5, 0.6) is 0 Å². The molecule has 1 fully saturated rings. The molecule has 198 valence electrons. The number of anilines is 1. The summed E-state index contributed by atoms with van der Waals surface area (Å²) in [5.41, 5.74) is 2.69. The minimum atomic E-state index is -4.24. The molecule has 5 rings (SSSR count). The van der Waals surface area contributed by atoms with Crippen LogP contribution in [0, 0.1) is 17.6 Å². The molecule has 38 heavy (non-hydrogen) atoms. The lowest BCUT2D eigenvalue weighted by atomic mass is 9.96.